The number of hydrogen-bond donors (Lipinski definition) is 0. The number of nitrogens with zero attached hydrogens (tertiary/aromatic N) is 4. The van der Waals surface area contributed by atoms with Crippen molar-refractivity contribution in [3.63, 3.8) is 0 Å². The average molecular weight is 348 g/mol. The summed E-state index contributed by atoms with van der Waals surface area (Å²) < 4.78 is 7.25. The predicted octanol–water partition coefficient (Wildman–Crippen LogP) is 0.995. The van der Waals surface area contributed by atoms with Crippen LogP contribution in [0.25, 0.3) is 0 Å². The molecule has 1 aromatic heterocycles. The van der Waals surface area contributed by atoms with E-state index in [0.717, 1.165) is 25.0 Å². The van der Waals surface area contributed by atoms with Gasteiger partial charge in [-0.05, 0) is 40.2 Å². The summed E-state index contributed by atoms with van der Waals surface area (Å²) in [6, 6.07) is 2.00. The van der Waals surface area contributed by atoms with Crippen LogP contribution in [0, 0.1) is 0 Å². The molecule has 1 atom stereocenters. The van der Waals surface area contributed by atoms with E-state index in [1.165, 1.54) is 0 Å². The Bertz CT molecular complexity index is 679. The molecule has 0 saturated carbocycles. The number of ether oxygens (including phenoxy) is 1. The third kappa shape index (κ3) is 4.10. The number of hydrogen-bond acceptors (Lipinski definition) is 5. The Morgan fingerprint density at radius 3 is 2.88 bits per heavy atom. The molecule has 0 spiro atoms. The van der Waals surface area contributed by atoms with Gasteiger partial charge >= 0.3 is 0 Å². The predicted molar refractivity (Wildman–Crippen MR) is 94.1 cm³/mol. The van der Waals surface area contributed by atoms with Gasteiger partial charge in [0.1, 0.15) is 11.9 Å². The van der Waals surface area contributed by atoms with E-state index < -0.39 is 0 Å². The molecule has 138 valence electrons. The number of carbonyl (C=O) groups excluding carboxylic acids is 1. The average Bonchev–Trinajstić information content (AvgIpc) is 3.01. The molecule has 7 heteroatoms. The van der Waals surface area contributed by atoms with Gasteiger partial charge in [0.25, 0.3) is 11.5 Å². The van der Waals surface area contributed by atoms with E-state index in [-0.39, 0.29) is 17.6 Å². The van der Waals surface area contributed by atoms with Crippen LogP contribution in [-0.2, 0) is 29.2 Å². The molecule has 0 aliphatic carbocycles. The van der Waals surface area contributed by atoms with Gasteiger partial charge in [0.2, 0.25) is 0 Å². The molecule has 0 aromatic carbocycles. The summed E-state index contributed by atoms with van der Waals surface area (Å²) in [6.45, 7) is 7.13. The van der Waals surface area contributed by atoms with Crippen LogP contribution in [0.2, 0.25) is 0 Å². The second-order valence-corrected chi connectivity index (χ2v) is 7.28. The fraction of sp³-hybridized carbons (Fsp3) is 0.722. The van der Waals surface area contributed by atoms with Crippen molar-refractivity contribution in [3.05, 3.63) is 27.9 Å². The SMILES string of the molecule is CC(C)N(C)Cc1cc(=O)n2c(n1)CN(C(=O)[C@H]1CCCO1)CCC2. The summed E-state index contributed by atoms with van der Waals surface area (Å²) in [5, 5.41) is 0. The Morgan fingerprint density at radius 2 is 2.20 bits per heavy atom. The first-order chi connectivity index (χ1) is 12.0. The molecular formula is C18H28N4O3. The molecule has 0 unspecified atom stereocenters. The number of carbonyl (C=O) groups is 1. The maximum atomic E-state index is 12.7. The van der Waals surface area contributed by atoms with Crippen LogP contribution < -0.4 is 5.56 Å². The minimum Gasteiger partial charge on any atom is -0.368 e. The first-order valence-corrected chi connectivity index (χ1v) is 9.16. The van der Waals surface area contributed by atoms with Gasteiger partial charge in [-0.2, -0.15) is 0 Å². The van der Waals surface area contributed by atoms with Crippen molar-refractivity contribution in [2.75, 3.05) is 20.2 Å². The Labute approximate surface area is 148 Å². The Morgan fingerprint density at radius 1 is 1.40 bits per heavy atom. The quantitative estimate of drug-likeness (QED) is 0.812. The lowest BCUT2D eigenvalue weighted by Crippen LogP contribution is -2.39. The monoisotopic (exact) mass is 348 g/mol. The lowest BCUT2D eigenvalue weighted by atomic mass is 10.2. The fourth-order valence-corrected chi connectivity index (χ4v) is 3.32. The van der Waals surface area contributed by atoms with Crippen molar-refractivity contribution in [2.45, 2.75) is 64.9 Å². The lowest BCUT2D eigenvalue weighted by molar-refractivity contribution is -0.141. The van der Waals surface area contributed by atoms with Crippen LogP contribution in [-0.4, -0.2) is 57.6 Å². The first kappa shape index (κ1) is 18.1. The summed E-state index contributed by atoms with van der Waals surface area (Å²) in [7, 11) is 2.02. The number of amides is 1. The van der Waals surface area contributed by atoms with Crippen molar-refractivity contribution in [1.82, 2.24) is 19.4 Å². The molecule has 25 heavy (non-hydrogen) atoms. The third-order valence-corrected chi connectivity index (χ3v) is 5.09. The normalized spacial score (nSPS) is 20.8. The van der Waals surface area contributed by atoms with Gasteiger partial charge in [-0.25, -0.2) is 4.98 Å². The van der Waals surface area contributed by atoms with Crippen LogP contribution >= 0.6 is 0 Å². The van der Waals surface area contributed by atoms with E-state index >= 15 is 0 Å². The van der Waals surface area contributed by atoms with Crippen molar-refractivity contribution in [1.29, 1.82) is 0 Å². The zero-order valence-corrected chi connectivity index (χ0v) is 15.4. The van der Waals surface area contributed by atoms with E-state index in [1.807, 2.05) is 7.05 Å². The first-order valence-electron chi connectivity index (χ1n) is 9.16. The molecule has 2 aliphatic rings. The van der Waals surface area contributed by atoms with Crippen LogP contribution in [0.3, 0.4) is 0 Å². The molecule has 2 aliphatic heterocycles. The summed E-state index contributed by atoms with van der Waals surface area (Å²) in [4.78, 5) is 33.8. The van der Waals surface area contributed by atoms with Gasteiger partial charge in [0.15, 0.2) is 0 Å². The Kier molecular flexibility index (Phi) is 5.54. The van der Waals surface area contributed by atoms with Crippen molar-refractivity contribution in [3.8, 4) is 0 Å². The highest BCUT2D eigenvalue weighted by atomic mass is 16.5. The molecule has 1 saturated heterocycles. The zero-order chi connectivity index (χ0) is 18.0. The maximum absolute atomic E-state index is 12.7. The summed E-state index contributed by atoms with van der Waals surface area (Å²) in [5.41, 5.74) is 0.738. The van der Waals surface area contributed by atoms with Gasteiger partial charge < -0.3 is 9.64 Å². The van der Waals surface area contributed by atoms with Crippen molar-refractivity contribution >= 4 is 5.91 Å². The van der Waals surface area contributed by atoms with E-state index in [0.29, 0.717) is 44.7 Å². The summed E-state index contributed by atoms with van der Waals surface area (Å²) >= 11 is 0. The highest BCUT2D eigenvalue weighted by Gasteiger charge is 2.30. The molecule has 7 nitrogen and oxygen atoms in total. The molecule has 0 radical (unpaired) electrons. The zero-order valence-electron chi connectivity index (χ0n) is 15.4. The molecular weight excluding hydrogens is 320 g/mol. The van der Waals surface area contributed by atoms with Gasteiger partial charge in [0.05, 0.1) is 12.2 Å². The summed E-state index contributed by atoms with van der Waals surface area (Å²) in [5.74, 6) is 0.716. The highest BCUT2D eigenvalue weighted by Crippen LogP contribution is 2.18. The topological polar surface area (TPSA) is 67.7 Å². The van der Waals surface area contributed by atoms with E-state index in [4.69, 9.17) is 9.72 Å². The minimum absolute atomic E-state index is 0.0245. The third-order valence-electron chi connectivity index (χ3n) is 5.09. The van der Waals surface area contributed by atoms with E-state index in [2.05, 4.69) is 18.7 Å². The molecule has 0 bridgehead atoms. The molecule has 1 aromatic rings. The maximum Gasteiger partial charge on any atom is 0.253 e. The number of aromatic nitrogens is 2. The van der Waals surface area contributed by atoms with Crippen LogP contribution in [0.1, 0.15) is 44.6 Å². The second kappa shape index (κ2) is 7.66. The fourth-order valence-electron chi connectivity index (χ4n) is 3.32. The van der Waals surface area contributed by atoms with Gasteiger partial charge in [-0.1, -0.05) is 0 Å². The number of rotatable bonds is 4. The highest BCUT2D eigenvalue weighted by molar-refractivity contribution is 5.81. The van der Waals surface area contributed by atoms with Crippen LogP contribution in [0.5, 0.6) is 0 Å². The second-order valence-electron chi connectivity index (χ2n) is 7.28. The minimum atomic E-state index is -0.325. The molecule has 1 amide bonds. The summed E-state index contributed by atoms with van der Waals surface area (Å²) in [6.07, 6.45) is 2.16. The lowest BCUT2D eigenvalue weighted by Gasteiger charge is -2.24. The van der Waals surface area contributed by atoms with Crippen molar-refractivity contribution < 1.29 is 9.53 Å². The van der Waals surface area contributed by atoms with Crippen LogP contribution in [0.15, 0.2) is 10.9 Å². The standard InChI is InChI=1S/C18H28N4O3/c1-13(2)20(3)11-14-10-17(23)22-8-5-7-21(12-16(22)19-14)18(24)15-6-4-9-25-15/h10,13,15H,4-9,11-12H2,1-3H3/t15-/m1/s1. The Hall–Kier alpha value is -1.73. The van der Waals surface area contributed by atoms with E-state index in [9.17, 15) is 9.59 Å². The van der Waals surface area contributed by atoms with Crippen molar-refractivity contribution in [2.24, 2.45) is 0 Å². The van der Waals surface area contributed by atoms with Gasteiger partial charge in [-0.15, -0.1) is 0 Å². The van der Waals surface area contributed by atoms with Gasteiger partial charge in [0, 0.05) is 38.3 Å². The molecule has 0 N–H and O–H groups in total. The van der Waals surface area contributed by atoms with Crippen LogP contribution in [0.4, 0.5) is 0 Å². The smallest absolute Gasteiger partial charge is 0.253 e. The van der Waals surface area contributed by atoms with E-state index in [1.54, 1.807) is 15.5 Å². The largest absolute Gasteiger partial charge is 0.368 e. The molecule has 3 rings (SSSR count). The molecule has 1 fully saturated rings. The molecule has 3 heterocycles. The van der Waals surface area contributed by atoms with Gasteiger partial charge in [-0.3, -0.25) is 19.1 Å². The Balaban J connectivity index is 1.82. The number of fused-ring (bicyclic) bond motifs is 1.